The van der Waals surface area contributed by atoms with Gasteiger partial charge in [0.1, 0.15) is 12.3 Å². The van der Waals surface area contributed by atoms with Crippen molar-refractivity contribution in [3.8, 4) is 5.75 Å². The van der Waals surface area contributed by atoms with Crippen molar-refractivity contribution in [3.63, 3.8) is 0 Å². The Balaban J connectivity index is 2.02. The van der Waals surface area contributed by atoms with Crippen LogP contribution in [0.15, 0.2) is 60.7 Å². The van der Waals surface area contributed by atoms with Gasteiger partial charge >= 0.3 is 5.97 Å². The van der Waals surface area contributed by atoms with E-state index in [0.717, 1.165) is 5.75 Å². The Kier molecular flexibility index (Phi) is 7.35. The molecule has 1 amide bonds. The molecule has 0 saturated heterocycles. The third-order valence-electron chi connectivity index (χ3n) is 3.68. The highest BCUT2D eigenvalue weighted by Gasteiger charge is 2.26. The topological polar surface area (TPSA) is 66.8 Å². The van der Waals surface area contributed by atoms with E-state index in [0.29, 0.717) is 24.5 Å². The van der Waals surface area contributed by atoms with Gasteiger partial charge in [0.15, 0.2) is 0 Å². The molecule has 0 aromatic heterocycles. The number of amides is 1. The van der Waals surface area contributed by atoms with Crippen LogP contribution < -0.4 is 9.64 Å². The number of anilines is 1. The summed E-state index contributed by atoms with van der Waals surface area (Å²) in [6.07, 6.45) is 0.459. The number of hydrogen-bond acceptors (Lipinski definition) is 4. The second-order valence-corrected chi connectivity index (χ2v) is 5.85. The lowest BCUT2D eigenvalue weighted by Crippen LogP contribution is -2.41. The molecule has 132 valence electrons. The predicted molar refractivity (Wildman–Crippen MR) is 100 cm³/mol. The molecule has 2 rings (SSSR count). The second-order valence-electron chi connectivity index (χ2n) is 5.48. The molecule has 0 aliphatic carbocycles. The number of rotatable bonds is 9. The highest BCUT2D eigenvalue weighted by atomic mass is 32.1. The van der Waals surface area contributed by atoms with Gasteiger partial charge in [0.2, 0.25) is 5.91 Å². The van der Waals surface area contributed by atoms with Gasteiger partial charge in [-0.25, -0.2) is 0 Å². The van der Waals surface area contributed by atoms with Crippen molar-refractivity contribution in [2.75, 3.05) is 23.8 Å². The van der Waals surface area contributed by atoms with E-state index in [4.69, 9.17) is 9.84 Å². The molecule has 0 saturated carbocycles. The summed E-state index contributed by atoms with van der Waals surface area (Å²) in [5, 5.41) is 9.14. The van der Waals surface area contributed by atoms with Gasteiger partial charge in [0.05, 0.1) is 12.5 Å². The molecule has 0 bridgehead atoms. The minimum absolute atomic E-state index is 0.264. The van der Waals surface area contributed by atoms with Gasteiger partial charge in [-0.1, -0.05) is 36.4 Å². The molecule has 1 atom stereocenters. The fraction of sp³-hybridized carbons (Fsp3) is 0.263. The third kappa shape index (κ3) is 5.83. The first-order valence-electron chi connectivity index (χ1n) is 7.98. The molecule has 0 heterocycles. The number of carbonyl (C=O) groups is 2. The molecule has 5 nitrogen and oxygen atoms in total. The number of aliphatic carboxylic acids is 1. The number of thiol groups is 1. The molecule has 0 radical (unpaired) electrons. The van der Waals surface area contributed by atoms with Crippen molar-refractivity contribution in [2.24, 2.45) is 5.92 Å². The summed E-state index contributed by atoms with van der Waals surface area (Å²) in [4.78, 5) is 25.3. The van der Waals surface area contributed by atoms with Crippen molar-refractivity contribution >= 4 is 30.2 Å². The summed E-state index contributed by atoms with van der Waals surface area (Å²) in [5.41, 5.74) is 0.561. The zero-order valence-electron chi connectivity index (χ0n) is 13.7. The third-order valence-corrected chi connectivity index (χ3v) is 4.12. The van der Waals surface area contributed by atoms with E-state index in [1.165, 1.54) is 4.90 Å². The van der Waals surface area contributed by atoms with E-state index in [1.54, 1.807) is 24.3 Å². The summed E-state index contributed by atoms with van der Waals surface area (Å²) >= 11 is 4.26. The van der Waals surface area contributed by atoms with Gasteiger partial charge in [-0.05, 0) is 30.7 Å². The van der Waals surface area contributed by atoms with Crippen LogP contribution in [0.25, 0.3) is 0 Å². The Labute approximate surface area is 152 Å². The number of nitrogens with zero attached hydrogens (tertiary/aromatic N) is 1. The van der Waals surface area contributed by atoms with Crippen LogP contribution >= 0.6 is 12.6 Å². The van der Waals surface area contributed by atoms with E-state index in [-0.39, 0.29) is 12.5 Å². The number of benzene rings is 2. The van der Waals surface area contributed by atoms with E-state index in [2.05, 4.69) is 12.6 Å². The Hall–Kier alpha value is -2.47. The minimum atomic E-state index is -1.06. The van der Waals surface area contributed by atoms with Gasteiger partial charge < -0.3 is 14.7 Å². The normalized spacial score (nSPS) is 11.6. The maximum atomic E-state index is 12.8. The molecular weight excluding hydrogens is 338 g/mol. The molecule has 0 aliphatic heterocycles. The Morgan fingerprint density at radius 2 is 1.64 bits per heavy atom. The monoisotopic (exact) mass is 359 g/mol. The number of carboxylic acid groups (broad SMARTS) is 1. The number of hydrogen-bond donors (Lipinski definition) is 2. The maximum Gasteiger partial charge on any atom is 0.323 e. The summed E-state index contributed by atoms with van der Waals surface area (Å²) in [6.45, 7) is -0.0245. The number of ether oxygens (including phenoxy) is 1. The Morgan fingerprint density at radius 3 is 2.20 bits per heavy atom. The summed E-state index contributed by atoms with van der Waals surface area (Å²) in [7, 11) is 0. The van der Waals surface area contributed by atoms with Gasteiger partial charge in [-0.3, -0.25) is 9.59 Å². The fourth-order valence-corrected chi connectivity index (χ4v) is 2.73. The van der Waals surface area contributed by atoms with Crippen molar-refractivity contribution in [3.05, 3.63) is 60.7 Å². The molecule has 0 spiro atoms. The summed E-state index contributed by atoms with van der Waals surface area (Å²) in [5.74, 6) is -0.694. The lowest BCUT2D eigenvalue weighted by molar-refractivity contribution is -0.137. The molecule has 0 aliphatic rings. The Morgan fingerprint density at radius 1 is 1.04 bits per heavy atom. The highest BCUT2D eigenvalue weighted by Crippen LogP contribution is 2.19. The van der Waals surface area contributed by atoms with E-state index in [9.17, 15) is 9.59 Å². The standard InChI is InChI=1S/C19H21NO4S/c21-18(22)13-20(16-7-3-1-4-8-16)19(23)15(14-25)11-12-24-17-9-5-2-6-10-17/h1-10,15,25H,11-14H2,(H,21,22). The quantitative estimate of drug-likeness (QED) is 0.675. The smallest absolute Gasteiger partial charge is 0.323 e. The van der Waals surface area contributed by atoms with Crippen molar-refractivity contribution < 1.29 is 19.4 Å². The lowest BCUT2D eigenvalue weighted by atomic mass is 10.1. The SMILES string of the molecule is O=C(O)CN(C(=O)C(CS)CCOc1ccccc1)c1ccccc1. The van der Waals surface area contributed by atoms with Crippen LogP contribution in [0.5, 0.6) is 5.75 Å². The van der Waals surface area contributed by atoms with Crippen LogP contribution in [-0.4, -0.2) is 35.9 Å². The van der Waals surface area contributed by atoms with Gasteiger partial charge in [0, 0.05) is 11.4 Å². The molecule has 2 aromatic rings. The second kappa shape index (κ2) is 9.74. The first-order valence-corrected chi connectivity index (χ1v) is 8.62. The van der Waals surface area contributed by atoms with Crippen molar-refractivity contribution in [1.82, 2.24) is 0 Å². The van der Waals surface area contributed by atoms with E-state index < -0.39 is 11.9 Å². The van der Waals surface area contributed by atoms with E-state index in [1.807, 2.05) is 36.4 Å². The molecule has 0 fully saturated rings. The zero-order chi connectivity index (χ0) is 18.1. The highest BCUT2D eigenvalue weighted by molar-refractivity contribution is 7.80. The Bertz CT molecular complexity index is 678. The molecule has 2 aromatic carbocycles. The van der Waals surface area contributed by atoms with Crippen LogP contribution in [0.3, 0.4) is 0 Å². The number of carbonyl (C=O) groups excluding carboxylic acids is 1. The van der Waals surface area contributed by atoms with E-state index >= 15 is 0 Å². The molecule has 1 unspecified atom stereocenters. The van der Waals surface area contributed by atoms with Crippen molar-refractivity contribution in [2.45, 2.75) is 6.42 Å². The minimum Gasteiger partial charge on any atom is -0.494 e. The van der Waals surface area contributed by atoms with Gasteiger partial charge in [-0.15, -0.1) is 0 Å². The van der Waals surface area contributed by atoms with Crippen LogP contribution in [0.2, 0.25) is 0 Å². The van der Waals surface area contributed by atoms with Crippen LogP contribution in [0, 0.1) is 5.92 Å². The van der Waals surface area contributed by atoms with Gasteiger partial charge in [0.25, 0.3) is 0 Å². The summed E-state index contributed by atoms with van der Waals surface area (Å²) in [6, 6.07) is 18.1. The first kappa shape index (κ1) is 18.9. The molecule has 6 heteroatoms. The van der Waals surface area contributed by atoms with Gasteiger partial charge in [-0.2, -0.15) is 12.6 Å². The van der Waals surface area contributed by atoms with Crippen LogP contribution in [0.1, 0.15) is 6.42 Å². The molecule has 25 heavy (non-hydrogen) atoms. The van der Waals surface area contributed by atoms with Crippen LogP contribution in [0.4, 0.5) is 5.69 Å². The number of carboxylic acids is 1. The zero-order valence-corrected chi connectivity index (χ0v) is 14.6. The number of para-hydroxylation sites is 2. The molecule has 1 N–H and O–H groups in total. The summed E-state index contributed by atoms with van der Waals surface area (Å²) < 4.78 is 5.63. The van der Waals surface area contributed by atoms with Crippen LogP contribution in [-0.2, 0) is 9.59 Å². The first-order chi connectivity index (χ1) is 12.1. The largest absolute Gasteiger partial charge is 0.494 e. The van der Waals surface area contributed by atoms with Crippen molar-refractivity contribution in [1.29, 1.82) is 0 Å². The fourth-order valence-electron chi connectivity index (χ4n) is 2.39. The molecular formula is C19H21NO4S. The average molecular weight is 359 g/mol. The average Bonchev–Trinajstić information content (AvgIpc) is 2.64. The lowest BCUT2D eigenvalue weighted by Gasteiger charge is -2.25. The predicted octanol–water partition coefficient (Wildman–Crippen LogP) is 3.12. The maximum absolute atomic E-state index is 12.8.